The summed E-state index contributed by atoms with van der Waals surface area (Å²) in [7, 11) is 0. The molecule has 127 heavy (non-hydrogen) atoms. The number of carboxylic acids is 8. The maximum Gasteiger partial charge on any atom is 0.339 e. The molecule has 0 saturated heterocycles. The topological polar surface area (TPSA) is 526 Å². The molecule has 14 N–H and O–H groups in total. The van der Waals surface area contributed by atoms with Crippen LogP contribution in [0, 0.1) is 98.8 Å². The number of amides is 6. The van der Waals surface area contributed by atoms with E-state index in [0.29, 0.717) is 63.5 Å². The predicted octanol–water partition coefficient (Wildman–Crippen LogP) is 11.2. The normalized spacial score (nSPS) is 9.17. The van der Waals surface area contributed by atoms with E-state index in [-0.39, 0.29) is 141 Å². The number of hydrogen-bond donors (Lipinski definition) is 14. The van der Waals surface area contributed by atoms with Crippen LogP contribution in [-0.2, 0) is 57.4 Å². The van der Waals surface area contributed by atoms with Crippen LogP contribution in [0.5, 0.6) is 0 Å². The third kappa shape index (κ3) is 48.4. The first-order valence-electron chi connectivity index (χ1n) is 36.9. The molecule has 8 rings (SSSR count). The van der Waals surface area contributed by atoms with Crippen LogP contribution in [-0.4, -0.2) is 156 Å². The van der Waals surface area contributed by atoms with Crippen molar-refractivity contribution < 1.29 is 127 Å². The lowest BCUT2D eigenvalue weighted by molar-refractivity contribution is -0.146. The first kappa shape index (κ1) is 107. The van der Waals surface area contributed by atoms with Gasteiger partial charge in [-0.1, -0.05) is 102 Å². The van der Waals surface area contributed by atoms with Gasteiger partial charge in [-0.15, -0.1) is 51.4 Å². The van der Waals surface area contributed by atoms with Gasteiger partial charge in [0.05, 0.1) is 65.6 Å². The van der Waals surface area contributed by atoms with Gasteiger partial charge < -0.3 is 82.2 Å². The van der Waals surface area contributed by atoms with E-state index in [2.05, 4.69) is 88.7 Å². The van der Waals surface area contributed by atoms with E-state index in [1.807, 2.05) is 0 Å². The summed E-state index contributed by atoms with van der Waals surface area (Å²) in [5.41, 5.74) is 6.40. The number of aliphatic carboxylic acids is 5. The van der Waals surface area contributed by atoms with Crippen molar-refractivity contribution in [2.24, 2.45) is 0 Å². The van der Waals surface area contributed by atoms with Crippen molar-refractivity contribution in [3.63, 3.8) is 0 Å². The van der Waals surface area contributed by atoms with Crippen LogP contribution in [0.25, 0.3) is 0 Å². The first-order chi connectivity index (χ1) is 60.6. The smallest absolute Gasteiger partial charge is 0.339 e. The Morgan fingerprint density at radius 1 is 0.268 bits per heavy atom. The molecule has 0 atom stereocenters. The highest BCUT2D eigenvalue weighted by Gasteiger charge is 2.20. The van der Waals surface area contributed by atoms with Crippen LogP contribution in [0.4, 0.5) is 28.4 Å². The summed E-state index contributed by atoms with van der Waals surface area (Å²) >= 11 is 0. The molecule has 0 aliphatic carbocycles. The van der Waals surface area contributed by atoms with E-state index >= 15 is 0 Å². The number of ether oxygens (including phenoxy) is 2. The van der Waals surface area contributed by atoms with E-state index in [9.17, 15) is 76.7 Å². The lowest BCUT2D eigenvalue weighted by atomic mass is 10.1. The Morgan fingerprint density at radius 3 is 0.913 bits per heavy atom. The number of hydrogen-bond acceptors (Lipinski definition) is 18. The Bertz CT molecular complexity index is 5520. The monoisotopic (exact) mass is 1720 g/mol. The maximum absolute atomic E-state index is 12.1. The standard InChI is InChI=1S/2C16H11NO3.2C13H13NO3.C12H11NO3.C11H8O4.C7H9NO3.C7H8O4/c1-2-11-6-5-7-12(10-11)17-15(18)13-8-3-4-9-14(13)16(19)20;1-2-11-7-9-12(10-8-11)17-15(18)13-5-3-4-6-14(13)16(19)20;1-2-10-5-3-6-11(9-10)14-12(15)7-4-8-13(16)17;1-2-10-6-8-11(9-7-10)14-12(15)4-3-5-13(16)17;1-2-9-4-3-5-10(8-9)13-11(14)6-7-12(15)16;1-2-7-15-11(14)9-6-4-3-5-8(9)10(12)13;1-2-5-8-6(9)3-4-7(10)11;1-2-5-11-7(10)4-3-6(8)9/h2*1,3-10H,(H,17,18)(H,19,20);1,3,5-6,9H,4,7-8H2,(H,14,15)(H,16,17);1,6-9H,3-5H2,(H,14,15)(H,16,17);1,3-5,8H,6-7H2,(H,13,14)(H,15,16);1,3-6H,7H2,(H,12,13);1H,3-5H2,(H,8,9)(H,10,11);1H,3-5H2,(H,8,9). The second-order valence-corrected chi connectivity index (χ2v) is 24.5. The molecule has 0 spiro atoms. The fraction of sp³-hybridized carbons (Fsp3) is 0.158. The van der Waals surface area contributed by atoms with Crippen LogP contribution >= 0.6 is 0 Å². The van der Waals surface area contributed by atoms with Gasteiger partial charge in [-0.25, -0.2) is 19.2 Å². The zero-order valence-corrected chi connectivity index (χ0v) is 67.6. The largest absolute Gasteiger partial charge is 0.481 e. The van der Waals surface area contributed by atoms with Gasteiger partial charge in [0.15, 0.2) is 13.2 Å². The summed E-state index contributed by atoms with van der Waals surface area (Å²) in [4.78, 5) is 174. The van der Waals surface area contributed by atoms with Crippen molar-refractivity contribution in [1.29, 1.82) is 0 Å². The van der Waals surface area contributed by atoms with E-state index < -0.39 is 71.5 Å². The van der Waals surface area contributed by atoms with Crippen LogP contribution in [0.15, 0.2) is 194 Å². The summed E-state index contributed by atoms with van der Waals surface area (Å²) in [6.45, 7) is -0.121. The van der Waals surface area contributed by atoms with Crippen molar-refractivity contribution in [2.75, 3.05) is 46.3 Å². The third-order valence-electron chi connectivity index (χ3n) is 15.0. The number of benzene rings is 8. The summed E-state index contributed by atoms with van der Waals surface area (Å²) in [6, 6.07) is 52.0. The molecule has 0 aromatic heterocycles. The molecular formula is C95H84N6O26. The lowest BCUT2D eigenvalue weighted by Gasteiger charge is -2.08. The Kier molecular flexibility index (Phi) is 52.1. The minimum Gasteiger partial charge on any atom is -0.481 e. The SMILES string of the molecule is C#CCNC(=O)CCC(=O)O.C#CCOC(=O)CCC(=O)O.C#CCOC(=O)c1ccccc1C(=O)O.C#Cc1ccc(NC(=O)CCCC(=O)O)cc1.C#Cc1ccc(NC(=O)c2ccccc2C(=O)O)cc1.C#Cc1cccc(NC(=O)CCC(=O)O)c1.C#Cc1cccc(NC(=O)CCCC(=O)O)c1.C#Cc1cccc(NC(=O)c2ccccc2C(=O)O)c1. The van der Waals surface area contributed by atoms with Gasteiger partial charge in [0.2, 0.25) is 23.6 Å². The maximum atomic E-state index is 12.1. The molecule has 0 unspecified atom stereocenters. The number of rotatable bonds is 31. The van der Waals surface area contributed by atoms with E-state index in [4.69, 9.17) is 92.2 Å². The highest BCUT2D eigenvalue weighted by Crippen LogP contribution is 2.19. The highest BCUT2D eigenvalue weighted by molar-refractivity contribution is 6.12. The lowest BCUT2D eigenvalue weighted by Crippen LogP contribution is -2.23. The molecule has 32 nitrogen and oxygen atoms in total. The van der Waals surface area contributed by atoms with Crippen LogP contribution in [0.1, 0.15) is 167 Å². The van der Waals surface area contributed by atoms with Gasteiger partial charge in [-0.2, -0.15) is 0 Å². The zero-order chi connectivity index (χ0) is 95.0. The van der Waals surface area contributed by atoms with Crippen molar-refractivity contribution in [2.45, 2.75) is 77.0 Å². The Hall–Kier alpha value is -18.2. The molecule has 8 aromatic carbocycles. The minimum atomic E-state index is -1.18. The number of aromatic carboxylic acids is 3. The van der Waals surface area contributed by atoms with Crippen molar-refractivity contribution >= 4 is 124 Å². The van der Waals surface area contributed by atoms with Crippen LogP contribution < -0.4 is 31.9 Å². The van der Waals surface area contributed by atoms with Gasteiger partial charge in [0.1, 0.15) is 0 Å². The Morgan fingerprint density at radius 2 is 0.567 bits per heavy atom. The minimum absolute atomic E-state index is 0.000231. The van der Waals surface area contributed by atoms with Gasteiger partial charge in [-0.3, -0.25) is 57.5 Å². The fourth-order valence-corrected chi connectivity index (χ4v) is 9.08. The molecule has 0 bridgehead atoms. The summed E-state index contributed by atoms with van der Waals surface area (Å²) in [5.74, 6) is 7.16. The Labute approximate surface area is 729 Å². The predicted molar refractivity (Wildman–Crippen MR) is 468 cm³/mol. The number of esters is 2. The van der Waals surface area contributed by atoms with Crippen LogP contribution in [0.2, 0.25) is 0 Å². The van der Waals surface area contributed by atoms with Crippen molar-refractivity contribution in [1.82, 2.24) is 5.32 Å². The number of anilines is 5. The second-order valence-electron chi connectivity index (χ2n) is 24.5. The van der Waals surface area contributed by atoms with Gasteiger partial charge >= 0.3 is 59.7 Å². The molecule has 6 amide bonds. The average Bonchev–Trinajstić information content (AvgIpc) is 0.844. The molecule has 32 heteroatoms. The molecule has 0 fully saturated rings. The highest BCUT2D eigenvalue weighted by atomic mass is 16.5. The molecule has 0 aliphatic rings. The molecule has 0 aliphatic heterocycles. The summed E-state index contributed by atoms with van der Waals surface area (Å²) < 4.78 is 9.03. The van der Waals surface area contributed by atoms with Gasteiger partial charge in [0.25, 0.3) is 11.8 Å². The number of terminal acetylenes is 8. The third-order valence-corrected chi connectivity index (χ3v) is 15.0. The number of carbonyl (C=O) groups is 16. The number of carboxylic acid groups (broad SMARTS) is 8. The second kappa shape index (κ2) is 62.0. The average molecular weight is 1730 g/mol. The molecule has 650 valence electrons. The van der Waals surface area contributed by atoms with E-state index in [1.54, 1.807) is 152 Å². The number of carbonyl (C=O) groups excluding carboxylic acids is 8. The molecule has 0 heterocycles. The Balaban J connectivity index is 0.000000732. The molecular weight excluding hydrogens is 1640 g/mol. The van der Waals surface area contributed by atoms with E-state index in [0.717, 1.165) is 5.56 Å². The van der Waals surface area contributed by atoms with Gasteiger partial charge in [-0.05, 0) is 152 Å². The van der Waals surface area contributed by atoms with Crippen molar-refractivity contribution in [3.05, 3.63) is 255 Å². The summed E-state index contributed by atoms with van der Waals surface area (Å²) in [5, 5.41) is 84.0. The first-order valence-corrected chi connectivity index (χ1v) is 36.9. The fourth-order valence-electron chi connectivity index (χ4n) is 9.08. The summed E-state index contributed by atoms with van der Waals surface area (Å²) in [6.07, 6.45) is 41.0. The molecule has 8 aromatic rings. The van der Waals surface area contributed by atoms with Gasteiger partial charge in [0, 0.05) is 94.8 Å². The molecule has 0 radical (unpaired) electrons. The van der Waals surface area contributed by atoms with Crippen molar-refractivity contribution in [3.8, 4) is 98.8 Å². The molecule has 0 saturated carbocycles. The zero-order valence-electron chi connectivity index (χ0n) is 67.6. The van der Waals surface area contributed by atoms with Crippen LogP contribution in [0.3, 0.4) is 0 Å². The quantitative estimate of drug-likeness (QED) is 0.0142. The van der Waals surface area contributed by atoms with E-state index in [1.165, 1.54) is 42.5 Å². The number of nitrogens with one attached hydrogen (secondary N) is 6.